The van der Waals surface area contributed by atoms with E-state index in [1.165, 1.54) is 6.08 Å². The molecule has 1 aromatic carbocycles. The van der Waals surface area contributed by atoms with Crippen LogP contribution in [0, 0.1) is 5.92 Å². The highest BCUT2D eigenvalue weighted by Crippen LogP contribution is 2.55. The summed E-state index contributed by atoms with van der Waals surface area (Å²) in [5.74, 6) is -0.0700. The van der Waals surface area contributed by atoms with Crippen molar-refractivity contribution in [3.05, 3.63) is 65.4 Å². The summed E-state index contributed by atoms with van der Waals surface area (Å²) >= 11 is 0. The van der Waals surface area contributed by atoms with E-state index < -0.39 is 44.0 Å². The fourth-order valence-electron chi connectivity index (χ4n) is 5.90. The molecule has 37 heavy (non-hydrogen) atoms. The number of hydrogen-bond donors (Lipinski definition) is 2. The largest absolute Gasteiger partial charge is 0.497 e. The van der Waals surface area contributed by atoms with Gasteiger partial charge in [0.15, 0.2) is 5.03 Å². The Hall–Kier alpha value is -2.96. The Morgan fingerprint density at radius 3 is 2.49 bits per heavy atom. The van der Waals surface area contributed by atoms with Crippen molar-refractivity contribution in [1.29, 1.82) is 0 Å². The van der Waals surface area contributed by atoms with Crippen LogP contribution in [-0.4, -0.2) is 53.6 Å². The number of halogens is 3. The number of aliphatic hydroxyl groups is 1. The lowest BCUT2D eigenvalue weighted by Gasteiger charge is -2.41. The van der Waals surface area contributed by atoms with Gasteiger partial charge in [0, 0.05) is 23.9 Å². The molecule has 1 aromatic heterocycles. The molecule has 3 aliphatic rings. The van der Waals surface area contributed by atoms with Crippen molar-refractivity contribution < 1.29 is 36.2 Å². The first kappa shape index (κ1) is 25.7. The normalized spacial score (nSPS) is 29.3. The SMILES string of the molecule is COc1ccc(CN2C(=O)C3=C[C@](C)(NS(=O)(=O)c4ccc(C(F)(F)F)cn4)CC4CC[C@@H]2[C@@]34O)cc1. The van der Waals surface area contributed by atoms with Crippen molar-refractivity contribution in [2.45, 2.75) is 61.1 Å². The number of alkyl halides is 3. The zero-order chi connectivity index (χ0) is 26.8. The zero-order valence-corrected chi connectivity index (χ0v) is 20.9. The maximum Gasteiger partial charge on any atom is 0.417 e. The number of sulfonamides is 1. The molecule has 1 saturated heterocycles. The van der Waals surface area contributed by atoms with Gasteiger partial charge in [0.05, 0.1) is 18.7 Å². The number of amides is 1. The first-order chi connectivity index (χ1) is 17.3. The Labute approximate surface area is 212 Å². The number of rotatable bonds is 6. The molecule has 0 radical (unpaired) electrons. The summed E-state index contributed by atoms with van der Waals surface area (Å²) in [4.78, 5) is 18.6. The monoisotopic (exact) mass is 537 g/mol. The second-order valence-electron chi connectivity index (χ2n) is 10.1. The number of carbonyl (C=O) groups excluding carboxylic acids is 1. The Morgan fingerprint density at radius 1 is 1.19 bits per heavy atom. The van der Waals surface area contributed by atoms with E-state index in [1.807, 2.05) is 12.1 Å². The van der Waals surface area contributed by atoms with E-state index in [4.69, 9.17) is 4.74 Å². The molecule has 2 fully saturated rings. The average Bonchev–Trinajstić information content (AvgIpc) is 3.26. The number of benzene rings is 1. The molecule has 1 saturated carbocycles. The van der Waals surface area contributed by atoms with Crippen LogP contribution in [0.5, 0.6) is 5.75 Å². The van der Waals surface area contributed by atoms with Crippen LogP contribution in [0.15, 0.2) is 59.3 Å². The van der Waals surface area contributed by atoms with E-state index in [9.17, 15) is 31.5 Å². The molecule has 2 aliphatic carbocycles. The van der Waals surface area contributed by atoms with Crippen molar-refractivity contribution in [2.24, 2.45) is 5.92 Å². The Morgan fingerprint density at radius 2 is 1.89 bits per heavy atom. The summed E-state index contributed by atoms with van der Waals surface area (Å²) in [5, 5.41) is 11.2. The van der Waals surface area contributed by atoms with Gasteiger partial charge in [-0.3, -0.25) is 4.79 Å². The van der Waals surface area contributed by atoms with Crippen molar-refractivity contribution in [3.63, 3.8) is 0 Å². The van der Waals surface area contributed by atoms with Gasteiger partial charge in [-0.2, -0.15) is 13.2 Å². The second kappa shape index (κ2) is 8.53. The molecule has 2 N–H and O–H groups in total. The molecule has 4 atom stereocenters. The van der Waals surface area contributed by atoms with Gasteiger partial charge in [-0.25, -0.2) is 18.1 Å². The average molecular weight is 538 g/mol. The van der Waals surface area contributed by atoms with E-state index in [0.717, 1.165) is 11.6 Å². The number of carbonyl (C=O) groups is 1. The third-order valence-corrected chi connectivity index (χ3v) is 9.10. The summed E-state index contributed by atoms with van der Waals surface area (Å²) in [6, 6.07) is 8.27. The van der Waals surface area contributed by atoms with E-state index in [-0.39, 0.29) is 30.4 Å². The van der Waals surface area contributed by atoms with Crippen LogP contribution in [0.3, 0.4) is 0 Å². The van der Waals surface area contributed by atoms with Gasteiger partial charge in [-0.1, -0.05) is 18.2 Å². The van der Waals surface area contributed by atoms with Crippen LogP contribution in [0.2, 0.25) is 0 Å². The molecule has 0 bridgehead atoms. The maximum absolute atomic E-state index is 13.5. The minimum absolute atomic E-state index is 0.144. The highest BCUT2D eigenvalue weighted by Gasteiger charge is 2.65. The lowest BCUT2D eigenvalue weighted by molar-refractivity contribution is -0.137. The van der Waals surface area contributed by atoms with Gasteiger partial charge in [0.1, 0.15) is 11.4 Å². The molecule has 8 nitrogen and oxygen atoms in total. The number of likely N-dealkylation sites (tertiary alicyclic amines) is 1. The van der Waals surface area contributed by atoms with Gasteiger partial charge in [-0.05, 0) is 61.9 Å². The van der Waals surface area contributed by atoms with Crippen molar-refractivity contribution in [3.8, 4) is 5.75 Å². The maximum atomic E-state index is 13.5. The Kier molecular flexibility index (Phi) is 5.92. The van der Waals surface area contributed by atoms with E-state index in [1.54, 1.807) is 31.1 Å². The second-order valence-corrected chi connectivity index (χ2v) is 11.7. The summed E-state index contributed by atoms with van der Waals surface area (Å²) in [6.07, 6.45) is -1.36. The number of aromatic nitrogens is 1. The molecule has 2 aromatic rings. The lowest BCUT2D eigenvalue weighted by atomic mass is 9.71. The predicted molar refractivity (Wildman–Crippen MR) is 126 cm³/mol. The minimum Gasteiger partial charge on any atom is -0.497 e. The predicted octanol–water partition coefficient (Wildman–Crippen LogP) is 3.03. The molecular formula is C25H26F3N3O5S. The molecule has 1 unspecified atom stereocenters. The molecule has 198 valence electrons. The van der Waals surface area contributed by atoms with E-state index >= 15 is 0 Å². The van der Waals surface area contributed by atoms with Crippen LogP contribution >= 0.6 is 0 Å². The highest BCUT2D eigenvalue weighted by atomic mass is 32.2. The van der Waals surface area contributed by atoms with Gasteiger partial charge in [0.25, 0.3) is 15.9 Å². The summed E-state index contributed by atoms with van der Waals surface area (Å²) in [7, 11) is -2.77. The van der Waals surface area contributed by atoms with E-state index in [2.05, 4.69) is 9.71 Å². The summed E-state index contributed by atoms with van der Waals surface area (Å²) in [5.41, 5.74) is -2.72. The quantitative estimate of drug-likeness (QED) is 0.587. The molecule has 2 heterocycles. The lowest BCUT2D eigenvalue weighted by Crippen LogP contribution is -2.55. The van der Waals surface area contributed by atoms with Crippen LogP contribution in [0.1, 0.15) is 37.3 Å². The van der Waals surface area contributed by atoms with Crippen molar-refractivity contribution >= 4 is 15.9 Å². The molecule has 12 heteroatoms. The van der Waals surface area contributed by atoms with E-state index in [0.29, 0.717) is 30.9 Å². The molecule has 1 aliphatic heterocycles. The van der Waals surface area contributed by atoms with Crippen molar-refractivity contribution in [1.82, 2.24) is 14.6 Å². The Balaban J connectivity index is 1.43. The van der Waals surface area contributed by atoms with Gasteiger partial charge >= 0.3 is 6.18 Å². The summed E-state index contributed by atoms with van der Waals surface area (Å²) in [6.45, 7) is 1.87. The molecule has 5 rings (SSSR count). The van der Waals surface area contributed by atoms with Crippen LogP contribution in [0.25, 0.3) is 0 Å². The smallest absolute Gasteiger partial charge is 0.417 e. The fraction of sp³-hybridized carbons (Fsp3) is 0.440. The number of pyridine rings is 1. The molecular weight excluding hydrogens is 511 g/mol. The number of nitrogens with zero attached hydrogens (tertiary/aromatic N) is 2. The number of hydrogen-bond acceptors (Lipinski definition) is 6. The number of ether oxygens (including phenoxy) is 1. The minimum atomic E-state index is -4.65. The van der Waals surface area contributed by atoms with Gasteiger partial charge in [0.2, 0.25) is 0 Å². The van der Waals surface area contributed by atoms with Crippen LogP contribution in [-0.2, 0) is 27.5 Å². The highest BCUT2D eigenvalue weighted by molar-refractivity contribution is 7.89. The third kappa shape index (κ3) is 4.30. The van der Waals surface area contributed by atoms with Crippen LogP contribution < -0.4 is 9.46 Å². The van der Waals surface area contributed by atoms with Crippen molar-refractivity contribution in [2.75, 3.05) is 7.11 Å². The Bertz CT molecular complexity index is 1360. The molecule has 0 spiro atoms. The van der Waals surface area contributed by atoms with Crippen LogP contribution in [0.4, 0.5) is 13.2 Å². The number of nitrogens with one attached hydrogen (secondary N) is 1. The molecule has 1 amide bonds. The third-order valence-electron chi connectivity index (χ3n) is 7.57. The fourth-order valence-corrected chi connectivity index (χ4v) is 7.20. The number of methoxy groups -OCH3 is 1. The van der Waals surface area contributed by atoms with Gasteiger partial charge < -0.3 is 14.7 Å². The first-order valence-electron chi connectivity index (χ1n) is 11.7. The van der Waals surface area contributed by atoms with Gasteiger partial charge in [-0.15, -0.1) is 0 Å². The zero-order valence-electron chi connectivity index (χ0n) is 20.1. The topological polar surface area (TPSA) is 109 Å². The standard InChI is InChI=1S/C25H26F3N3O5S/c1-23(30-37(34,35)21-10-6-17(13-29-21)25(26,27)28)11-16-5-9-20-24(16,33)19(12-23)22(32)31(20)14-15-3-7-18(36-2)8-4-15/h3-4,6-8,10,12-13,16,20,30,33H,5,9,11,14H2,1-2H3/t16?,20-,23-,24+/m1/s1. The first-order valence-corrected chi connectivity index (χ1v) is 13.2. The summed E-state index contributed by atoms with van der Waals surface area (Å²) < 4.78 is 72.3.